The summed E-state index contributed by atoms with van der Waals surface area (Å²) in [7, 11) is 0. The minimum absolute atomic E-state index is 0.249. The van der Waals surface area contributed by atoms with Gasteiger partial charge in [0.05, 0.1) is 5.41 Å². The Bertz CT molecular complexity index is 225. The molecule has 0 aliphatic carbocycles. The zero-order valence-corrected chi connectivity index (χ0v) is 9.68. The van der Waals surface area contributed by atoms with Gasteiger partial charge >= 0.3 is 5.97 Å². The van der Waals surface area contributed by atoms with E-state index in [0.29, 0.717) is 25.9 Å². The van der Waals surface area contributed by atoms with Gasteiger partial charge in [-0.3, -0.25) is 4.79 Å². The lowest BCUT2D eigenvalue weighted by Gasteiger charge is -2.22. The van der Waals surface area contributed by atoms with Crippen molar-refractivity contribution in [3.8, 4) is 0 Å². The predicted molar refractivity (Wildman–Crippen MR) is 56.3 cm³/mol. The highest BCUT2D eigenvalue weighted by Gasteiger charge is 2.28. The summed E-state index contributed by atoms with van der Waals surface area (Å²) in [6.07, 6.45) is -0.177. The molecule has 15 heavy (non-hydrogen) atoms. The van der Waals surface area contributed by atoms with Crippen LogP contribution in [0.1, 0.15) is 33.6 Å². The molecule has 0 aromatic rings. The molecular weight excluding hydrogens is 197 g/mol. The zero-order valence-electron chi connectivity index (χ0n) is 9.68. The van der Waals surface area contributed by atoms with Crippen LogP contribution in [-0.4, -0.2) is 31.3 Å². The van der Waals surface area contributed by atoms with Crippen LogP contribution in [0.3, 0.4) is 0 Å². The van der Waals surface area contributed by atoms with Crippen LogP contribution in [0.2, 0.25) is 0 Å². The normalized spacial score (nSPS) is 28.3. The van der Waals surface area contributed by atoms with Crippen LogP contribution in [0, 0.1) is 5.41 Å². The molecule has 1 aliphatic heterocycles. The molecule has 0 radical (unpaired) electrons. The minimum Gasteiger partial charge on any atom is -0.462 e. The smallest absolute Gasteiger partial charge is 0.311 e. The third-order valence-electron chi connectivity index (χ3n) is 2.41. The fourth-order valence-corrected chi connectivity index (χ4v) is 1.44. The second-order valence-electron chi connectivity index (χ2n) is 5.10. The maximum absolute atomic E-state index is 13.2. The SMILES string of the molecule is CC(C)(C)C(=O)OC1CCNCC(F)C1. The van der Waals surface area contributed by atoms with Crippen LogP contribution in [-0.2, 0) is 9.53 Å². The van der Waals surface area contributed by atoms with Crippen molar-refractivity contribution in [1.82, 2.24) is 5.32 Å². The van der Waals surface area contributed by atoms with E-state index < -0.39 is 11.6 Å². The molecule has 1 fully saturated rings. The third-order valence-corrected chi connectivity index (χ3v) is 2.41. The van der Waals surface area contributed by atoms with Crippen molar-refractivity contribution in [1.29, 1.82) is 0 Å². The van der Waals surface area contributed by atoms with E-state index in [-0.39, 0.29) is 12.1 Å². The average Bonchev–Trinajstić information content (AvgIpc) is 2.28. The molecule has 1 saturated heterocycles. The Morgan fingerprint density at radius 1 is 1.47 bits per heavy atom. The maximum Gasteiger partial charge on any atom is 0.311 e. The van der Waals surface area contributed by atoms with Gasteiger partial charge in [-0.2, -0.15) is 0 Å². The number of carbonyl (C=O) groups is 1. The van der Waals surface area contributed by atoms with Crippen molar-refractivity contribution in [3.05, 3.63) is 0 Å². The molecule has 3 nitrogen and oxygen atoms in total. The van der Waals surface area contributed by atoms with E-state index in [9.17, 15) is 9.18 Å². The van der Waals surface area contributed by atoms with Gasteiger partial charge in [-0.25, -0.2) is 4.39 Å². The molecule has 4 heteroatoms. The molecule has 1 rings (SSSR count). The summed E-state index contributed by atoms with van der Waals surface area (Å²) in [5.41, 5.74) is -0.508. The van der Waals surface area contributed by atoms with Crippen LogP contribution >= 0.6 is 0 Å². The fraction of sp³-hybridized carbons (Fsp3) is 0.909. The summed E-state index contributed by atoms with van der Waals surface area (Å²) in [6.45, 7) is 6.48. The Morgan fingerprint density at radius 3 is 2.73 bits per heavy atom. The molecule has 2 unspecified atom stereocenters. The third kappa shape index (κ3) is 4.16. The van der Waals surface area contributed by atoms with Gasteiger partial charge in [0.1, 0.15) is 12.3 Å². The maximum atomic E-state index is 13.2. The highest BCUT2D eigenvalue weighted by Crippen LogP contribution is 2.20. The summed E-state index contributed by atoms with van der Waals surface area (Å²) in [5.74, 6) is -0.249. The number of halogens is 1. The van der Waals surface area contributed by atoms with Gasteiger partial charge in [0.2, 0.25) is 0 Å². The van der Waals surface area contributed by atoms with E-state index in [1.165, 1.54) is 0 Å². The molecule has 0 amide bonds. The number of esters is 1. The van der Waals surface area contributed by atoms with Crippen LogP contribution in [0.5, 0.6) is 0 Å². The molecule has 1 N–H and O–H groups in total. The molecule has 88 valence electrons. The van der Waals surface area contributed by atoms with E-state index in [1.807, 2.05) is 0 Å². The van der Waals surface area contributed by atoms with Crippen molar-refractivity contribution < 1.29 is 13.9 Å². The number of hydrogen-bond donors (Lipinski definition) is 1. The Balaban J connectivity index is 2.46. The summed E-state index contributed by atoms with van der Waals surface area (Å²) < 4.78 is 18.5. The average molecular weight is 217 g/mol. The summed E-state index contributed by atoms with van der Waals surface area (Å²) in [5, 5.41) is 2.97. The largest absolute Gasteiger partial charge is 0.462 e. The van der Waals surface area contributed by atoms with Crippen LogP contribution in [0.25, 0.3) is 0 Å². The quantitative estimate of drug-likeness (QED) is 0.679. The number of alkyl halides is 1. The number of hydrogen-bond acceptors (Lipinski definition) is 3. The van der Waals surface area contributed by atoms with Crippen molar-refractivity contribution in [2.24, 2.45) is 5.41 Å². The number of nitrogens with one attached hydrogen (secondary N) is 1. The first kappa shape index (κ1) is 12.4. The minimum atomic E-state index is -0.912. The number of rotatable bonds is 1. The fourth-order valence-electron chi connectivity index (χ4n) is 1.44. The van der Waals surface area contributed by atoms with Gasteiger partial charge in [0, 0.05) is 13.0 Å². The van der Waals surface area contributed by atoms with Crippen LogP contribution in [0.4, 0.5) is 4.39 Å². The highest BCUT2D eigenvalue weighted by atomic mass is 19.1. The van der Waals surface area contributed by atoms with Gasteiger partial charge in [-0.05, 0) is 33.7 Å². The summed E-state index contributed by atoms with van der Waals surface area (Å²) >= 11 is 0. The van der Waals surface area contributed by atoms with Gasteiger partial charge in [-0.1, -0.05) is 0 Å². The zero-order chi connectivity index (χ0) is 11.5. The van der Waals surface area contributed by atoms with Crippen molar-refractivity contribution >= 4 is 5.97 Å². The number of carbonyl (C=O) groups excluding carboxylic acids is 1. The molecular formula is C11H20FNO2. The van der Waals surface area contributed by atoms with Gasteiger partial charge in [0.15, 0.2) is 0 Å². The second-order valence-corrected chi connectivity index (χ2v) is 5.10. The van der Waals surface area contributed by atoms with Gasteiger partial charge in [0.25, 0.3) is 0 Å². The topological polar surface area (TPSA) is 38.3 Å². The summed E-state index contributed by atoms with van der Waals surface area (Å²) in [6, 6.07) is 0. The standard InChI is InChI=1S/C11H20FNO2/c1-11(2,3)10(14)15-9-4-5-13-7-8(12)6-9/h8-9,13H,4-7H2,1-3H3. The lowest BCUT2D eigenvalue weighted by atomic mass is 9.97. The highest BCUT2D eigenvalue weighted by molar-refractivity contribution is 5.75. The van der Waals surface area contributed by atoms with E-state index in [0.717, 1.165) is 0 Å². The molecule has 0 aromatic heterocycles. The van der Waals surface area contributed by atoms with Crippen molar-refractivity contribution in [2.45, 2.75) is 45.9 Å². The first-order valence-corrected chi connectivity index (χ1v) is 5.45. The van der Waals surface area contributed by atoms with Gasteiger partial charge in [-0.15, -0.1) is 0 Å². The first-order chi connectivity index (χ1) is 6.89. The lowest BCUT2D eigenvalue weighted by Crippen LogP contribution is -2.29. The Kier molecular flexibility index (Phi) is 4.08. The Hall–Kier alpha value is -0.640. The van der Waals surface area contributed by atoms with E-state index in [4.69, 9.17) is 4.74 Å². The Morgan fingerprint density at radius 2 is 2.13 bits per heavy atom. The molecule has 1 heterocycles. The molecule has 0 bridgehead atoms. The molecule has 0 spiro atoms. The van der Waals surface area contributed by atoms with E-state index >= 15 is 0 Å². The molecule has 2 atom stereocenters. The first-order valence-electron chi connectivity index (χ1n) is 5.45. The molecule has 1 aliphatic rings. The van der Waals surface area contributed by atoms with Crippen molar-refractivity contribution in [2.75, 3.05) is 13.1 Å². The van der Waals surface area contributed by atoms with Crippen LogP contribution in [0.15, 0.2) is 0 Å². The van der Waals surface area contributed by atoms with E-state index in [2.05, 4.69) is 5.32 Å². The van der Waals surface area contributed by atoms with Crippen LogP contribution < -0.4 is 5.32 Å². The summed E-state index contributed by atoms with van der Waals surface area (Å²) in [4.78, 5) is 11.6. The second kappa shape index (κ2) is 4.92. The van der Waals surface area contributed by atoms with Crippen molar-refractivity contribution in [3.63, 3.8) is 0 Å². The van der Waals surface area contributed by atoms with Gasteiger partial charge < -0.3 is 10.1 Å². The Labute approximate surface area is 90.4 Å². The molecule has 0 aromatic carbocycles. The molecule has 0 saturated carbocycles. The van der Waals surface area contributed by atoms with E-state index in [1.54, 1.807) is 20.8 Å². The number of ether oxygens (including phenoxy) is 1. The predicted octanol–water partition coefficient (Wildman–Crippen LogP) is 1.67. The monoisotopic (exact) mass is 217 g/mol. The lowest BCUT2D eigenvalue weighted by molar-refractivity contribution is -0.159.